The molecule has 2 amide bonds. The Morgan fingerprint density at radius 1 is 1.07 bits per heavy atom. The second kappa shape index (κ2) is 6.59. The molecule has 2 unspecified atom stereocenters. The quantitative estimate of drug-likeness (QED) is 0.850. The average Bonchev–Trinajstić information content (AvgIpc) is 3.31. The Hall–Kier alpha value is -2.49. The standard InChI is InChI=1S/C23H27N3O/c1-16-2-4-18-10-11-25(15-19(18)12-16)23(27)24-20-5-8-21(9-6-20)26-14-17-3-7-22(26)13-17/h2,4-6,8-9,12,17,22H,3,7,10-11,13-15H2,1H3,(H,24,27). The number of nitrogens with zero attached hydrogens (tertiary/aromatic N) is 2. The summed E-state index contributed by atoms with van der Waals surface area (Å²) in [6.45, 7) is 4.77. The van der Waals surface area contributed by atoms with Gasteiger partial charge in [-0.05, 0) is 73.9 Å². The zero-order valence-electron chi connectivity index (χ0n) is 15.9. The predicted molar refractivity (Wildman–Crippen MR) is 109 cm³/mol. The van der Waals surface area contributed by atoms with Crippen LogP contribution >= 0.6 is 0 Å². The lowest BCUT2D eigenvalue weighted by Crippen LogP contribution is -2.38. The van der Waals surface area contributed by atoms with E-state index in [1.165, 1.54) is 48.2 Å². The van der Waals surface area contributed by atoms with Gasteiger partial charge < -0.3 is 15.1 Å². The van der Waals surface area contributed by atoms with Crippen molar-refractivity contribution in [3.63, 3.8) is 0 Å². The van der Waals surface area contributed by atoms with Crippen molar-refractivity contribution in [2.75, 3.05) is 23.3 Å². The minimum absolute atomic E-state index is 0.00450. The molecule has 2 aromatic rings. The number of aryl methyl sites for hydroxylation is 1. The fraction of sp³-hybridized carbons (Fsp3) is 0.435. The first-order valence-electron chi connectivity index (χ1n) is 10.2. The van der Waals surface area contributed by atoms with Crippen LogP contribution < -0.4 is 10.2 Å². The van der Waals surface area contributed by atoms with E-state index in [2.05, 4.69) is 47.5 Å². The van der Waals surface area contributed by atoms with Gasteiger partial charge in [0.1, 0.15) is 0 Å². The molecule has 0 radical (unpaired) electrons. The van der Waals surface area contributed by atoms with Crippen LogP contribution in [0.2, 0.25) is 0 Å². The third-order valence-electron chi connectivity index (χ3n) is 6.52. The molecule has 2 aromatic carbocycles. The molecule has 2 atom stereocenters. The smallest absolute Gasteiger partial charge is 0.322 e. The van der Waals surface area contributed by atoms with E-state index in [0.29, 0.717) is 6.54 Å². The lowest BCUT2D eigenvalue weighted by atomic mass is 9.98. The van der Waals surface area contributed by atoms with Crippen molar-refractivity contribution in [1.82, 2.24) is 4.90 Å². The topological polar surface area (TPSA) is 35.6 Å². The van der Waals surface area contributed by atoms with E-state index >= 15 is 0 Å². The normalized spacial score (nSPS) is 23.4. The summed E-state index contributed by atoms with van der Waals surface area (Å²) in [7, 11) is 0. The van der Waals surface area contributed by atoms with Gasteiger partial charge in [0.2, 0.25) is 0 Å². The molecule has 1 N–H and O–H groups in total. The molecule has 2 heterocycles. The number of fused-ring (bicyclic) bond motifs is 3. The first-order chi connectivity index (χ1) is 13.2. The van der Waals surface area contributed by atoms with Gasteiger partial charge in [-0.25, -0.2) is 4.79 Å². The van der Waals surface area contributed by atoms with Crippen LogP contribution in [0, 0.1) is 12.8 Å². The van der Waals surface area contributed by atoms with Gasteiger partial charge in [0.15, 0.2) is 0 Å². The summed E-state index contributed by atoms with van der Waals surface area (Å²) < 4.78 is 0. The summed E-state index contributed by atoms with van der Waals surface area (Å²) in [4.78, 5) is 17.2. The maximum absolute atomic E-state index is 12.7. The highest BCUT2D eigenvalue weighted by atomic mass is 16.2. The number of urea groups is 1. The van der Waals surface area contributed by atoms with Gasteiger partial charge >= 0.3 is 6.03 Å². The molecule has 2 fully saturated rings. The summed E-state index contributed by atoms with van der Waals surface area (Å²) >= 11 is 0. The first kappa shape index (κ1) is 16.7. The van der Waals surface area contributed by atoms with Crippen LogP contribution in [-0.4, -0.2) is 30.1 Å². The number of amides is 2. The fourth-order valence-corrected chi connectivity index (χ4v) is 5.04. The third kappa shape index (κ3) is 3.18. The lowest BCUT2D eigenvalue weighted by Gasteiger charge is -2.30. The molecule has 4 nitrogen and oxygen atoms in total. The molecule has 2 bridgehead atoms. The van der Waals surface area contributed by atoms with Gasteiger partial charge in [-0.2, -0.15) is 0 Å². The number of rotatable bonds is 2. The summed E-state index contributed by atoms with van der Waals surface area (Å²) in [5.41, 5.74) is 6.07. The van der Waals surface area contributed by atoms with Gasteiger partial charge in [-0.1, -0.05) is 23.8 Å². The zero-order chi connectivity index (χ0) is 18.4. The number of benzene rings is 2. The molecule has 2 aliphatic heterocycles. The molecule has 140 valence electrons. The van der Waals surface area contributed by atoms with E-state index in [1.807, 2.05) is 17.0 Å². The Bertz CT molecular complexity index is 860. The van der Waals surface area contributed by atoms with Gasteiger partial charge in [0.25, 0.3) is 0 Å². The predicted octanol–water partition coefficient (Wildman–Crippen LogP) is 4.57. The molecule has 27 heavy (non-hydrogen) atoms. The Kier molecular flexibility index (Phi) is 4.07. The lowest BCUT2D eigenvalue weighted by molar-refractivity contribution is 0.206. The van der Waals surface area contributed by atoms with Gasteiger partial charge in [0.05, 0.1) is 0 Å². The summed E-state index contributed by atoms with van der Waals surface area (Å²) in [5, 5.41) is 3.08. The van der Waals surface area contributed by atoms with E-state index in [1.54, 1.807) is 0 Å². The van der Waals surface area contributed by atoms with Crippen LogP contribution in [0.4, 0.5) is 16.2 Å². The molecular formula is C23H27N3O. The molecule has 4 heteroatoms. The number of nitrogens with one attached hydrogen (secondary N) is 1. The minimum atomic E-state index is -0.00450. The fourth-order valence-electron chi connectivity index (χ4n) is 5.04. The Morgan fingerprint density at radius 3 is 2.67 bits per heavy atom. The van der Waals surface area contributed by atoms with Crippen molar-refractivity contribution < 1.29 is 4.79 Å². The molecule has 1 aliphatic carbocycles. The van der Waals surface area contributed by atoms with Gasteiger partial charge in [0, 0.05) is 37.1 Å². The summed E-state index contributed by atoms with van der Waals surface area (Å²) in [6.07, 6.45) is 5.01. The summed E-state index contributed by atoms with van der Waals surface area (Å²) in [6, 6.07) is 15.7. The summed E-state index contributed by atoms with van der Waals surface area (Å²) in [5.74, 6) is 0.889. The van der Waals surface area contributed by atoms with E-state index in [4.69, 9.17) is 0 Å². The largest absolute Gasteiger partial charge is 0.368 e. The first-order valence-corrected chi connectivity index (χ1v) is 10.2. The Morgan fingerprint density at radius 2 is 1.93 bits per heavy atom. The highest BCUT2D eigenvalue weighted by Gasteiger charge is 2.37. The maximum Gasteiger partial charge on any atom is 0.322 e. The van der Waals surface area contributed by atoms with Crippen molar-refractivity contribution >= 4 is 17.4 Å². The van der Waals surface area contributed by atoms with Crippen LogP contribution in [-0.2, 0) is 13.0 Å². The Labute approximate surface area is 161 Å². The third-order valence-corrected chi connectivity index (χ3v) is 6.52. The van der Waals surface area contributed by atoms with Crippen molar-refractivity contribution in [3.05, 3.63) is 59.2 Å². The van der Waals surface area contributed by atoms with Crippen LogP contribution in [0.3, 0.4) is 0 Å². The number of anilines is 2. The maximum atomic E-state index is 12.7. The van der Waals surface area contributed by atoms with E-state index in [9.17, 15) is 4.79 Å². The number of carbonyl (C=O) groups is 1. The van der Waals surface area contributed by atoms with Crippen molar-refractivity contribution in [1.29, 1.82) is 0 Å². The molecule has 1 saturated heterocycles. The molecule has 1 saturated carbocycles. The monoisotopic (exact) mass is 361 g/mol. The van der Waals surface area contributed by atoms with E-state index in [-0.39, 0.29) is 6.03 Å². The second-order valence-corrected chi connectivity index (χ2v) is 8.41. The number of carbonyl (C=O) groups excluding carboxylic acids is 1. The molecule has 0 spiro atoms. The van der Waals surface area contributed by atoms with E-state index in [0.717, 1.165) is 30.6 Å². The van der Waals surface area contributed by atoms with Crippen LogP contribution in [0.25, 0.3) is 0 Å². The number of hydrogen-bond acceptors (Lipinski definition) is 2. The van der Waals surface area contributed by atoms with E-state index < -0.39 is 0 Å². The molecule has 5 rings (SSSR count). The van der Waals surface area contributed by atoms with Gasteiger partial charge in [-0.3, -0.25) is 0 Å². The van der Waals surface area contributed by atoms with Crippen LogP contribution in [0.5, 0.6) is 0 Å². The van der Waals surface area contributed by atoms with Crippen molar-refractivity contribution in [2.45, 2.75) is 45.2 Å². The Balaban J connectivity index is 1.23. The van der Waals surface area contributed by atoms with Gasteiger partial charge in [-0.15, -0.1) is 0 Å². The number of piperidine rings is 1. The van der Waals surface area contributed by atoms with Crippen molar-refractivity contribution in [3.8, 4) is 0 Å². The second-order valence-electron chi connectivity index (χ2n) is 8.41. The molecule has 3 aliphatic rings. The van der Waals surface area contributed by atoms with Crippen molar-refractivity contribution in [2.24, 2.45) is 5.92 Å². The minimum Gasteiger partial charge on any atom is -0.368 e. The highest BCUT2D eigenvalue weighted by Crippen LogP contribution is 2.40. The number of hydrogen-bond donors (Lipinski definition) is 1. The van der Waals surface area contributed by atoms with Crippen LogP contribution in [0.1, 0.15) is 36.0 Å². The average molecular weight is 361 g/mol. The molecular weight excluding hydrogens is 334 g/mol. The zero-order valence-corrected chi connectivity index (χ0v) is 15.9. The SMILES string of the molecule is Cc1ccc2c(c1)CN(C(=O)Nc1ccc(N3CC4CCC3C4)cc1)CC2. The van der Waals surface area contributed by atoms with Crippen LogP contribution in [0.15, 0.2) is 42.5 Å². The highest BCUT2D eigenvalue weighted by molar-refractivity contribution is 5.89. The molecule has 0 aromatic heterocycles.